The minimum absolute atomic E-state index is 0.226. The van der Waals surface area contributed by atoms with Gasteiger partial charge in [0.15, 0.2) is 6.61 Å². The summed E-state index contributed by atoms with van der Waals surface area (Å²) in [6.45, 7) is 2.54. The van der Waals surface area contributed by atoms with Crippen molar-refractivity contribution in [3.05, 3.63) is 59.7 Å². The largest absolute Gasteiger partial charge is 0.482 e. The first-order valence-electron chi connectivity index (χ1n) is 10.5. The van der Waals surface area contributed by atoms with Crippen molar-refractivity contribution in [2.45, 2.75) is 12.6 Å². The highest BCUT2D eigenvalue weighted by Crippen LogP contribution is 2.30. The summed E-state index contributed by atoms with van der Waals surface area (Å²) >= 11 is 0. The van der Waals surface area contributed by atoms with Gasteiger partial charge in [0.25, 0.3) is 11.8 Å². The molecule has 1 saturated heterocycles. The average molecular weight is 447 g/mol. The van der Waals surface area contributed by atoms with Gasteiger partial charge in [0.1, 0.15) is 5.75 Å². The third kappa shape index (κ3) is 4.88. The molecule has 0 unspecified atom stereocenters. The molecule has 2 heterocycles. The fourth-order valence-electron chi connectivity index (χ4n) is 4.11. The Labute approximate surface area is 184 Å². The Morgan fingerprint density at radius 2 is 1.41 bits per heavy atom. The van der Waals surface area contributed by atoms with Crippen molar-refractivity contribution in [2.75, 3.05) is 50.8 Å². The number of halogens is 3. The molecule has 1 fully saturated rings. The van der Waals surface area contributed by atoms with Gasteiger partial charge in [-0.2, -0.15) is 13.2 Å². The predicted octanol–water partition coefficient (Wildman–Crippen LogP) is 3.44. The molecule has 0 N–H and O–H groups in total. The van der Waals surface area contributed by atoms with Gasteiger partial charge in [-0.15, -0.1) is 0 Å². The molecule has 0 aliphatic carbocycles. The second-order valence-corrected chi connectivity index (χ2v) is 7.86. The van der Waals surface area contributed by atoms with E-state index in [1.54, 1.807) is 48.5 Å². The number of carbonyl (C=O) groups excluding carboxylic acids is 2. The summed E-state index contributed by atoms with van der Waals surface area (Å²) in [5.74, 6) is -0.263. The highest BCUT2D eigenvalue weighted by molar-refractivity contribution is 6.21. The third-order valence-corrected chi connectivity index (χ3v) is 5.70. The second-order valence-electron chi connectivity index (χ2n) is 7.86. The van der Waals surface area contributed by atoms with E-state index >= 15 is 0 Å². The Morgan fingerprint density at radius 3 is 2.03 bits per heavy atom. The van der Waals surface area contributed by atoms with Crippen molar-refractivity contribution in [3.8, 4) is 5.75 Å². The minimum Gasteiger partial charge on any atom is -0.482 e. The average Bonchev–Trinajstić information content (AvgIpc) is 3.03. The van der Waals surface area contributed by atoms with Crippen LogP contribution >= 0.6 is 0 Å². The summed E-state index contributed by atoms with van der Waals surface area (Å²) in [7, 11) is 0. The van der Waals surface area contributed by atoms with Crippen LogP contribution in [-0.2, 0) is 0 Å². The summed E-state index contributed by atoms with van der Waals surface area (Å²) in [5, 5.41) is 0. The van der Waals surface area contributed by atoms with Gasteiger partial charge in [-0.3, -0.25) is 19.4 Å². The highest BCUT2D eigenvalue weighted by atomic mass is 19.4. The fourth-order valence-corrected chi connectivity index (χ4v) is 4.11. The molecule has 0 spiro atoms. The topological polar surface area (TPSA) is 53.1 Å². The maximum Gasteiger partial charge on any atom is 0.422 e. The Morgan fingerprint density at radius 1 is 0.812 bits per heavy atom. The number of nitrogens with zero attached hydrogens (tertiary/aromatic N) is 3. The molecule has 0 saturated carbocycles. The number of carbonyl (C=O) groups is 2. The van der Waals surface area contributed by atoms with Crippen LogP contribution in [0.1, 0.15) is 27.1 Å². The van der Waals surface area contributed by atoms with E-state index < -0.39 is 12.8 Å². The van der Waals surface area contributed by atoms with E-state index in [0.29, 0.717) is 42.9 Å². The van der Waals surface area contributed by atoms with E-state index in [-0.39, 0.29) is 17.6 Å². The number of hydrogen-bond donors (Lipinski definition) is 0. The standard InChI is InChI=1S/C23H24F3N3O3/c24-23(25,26)16-32-20-9-4-3-8-19(20)28-14-12-27(13-15-28)10-5-11-29-21(30)17-6-1-2-7-18(17)22(29)31/h1-4,6-9H,5,10-16H2. The van der Waals surface area contributed by atoms with E-state index in [0.717, 1.165) is 19.6 Å². The summed E-state index contributed by atoms with van der Waals surface area (Å²) < 4.78 is 42.6. The number of fused-ring (bicyclic) bond motifs is 1. The minimum atomic E-state index is -4.38. The number of imide groups is 1. The lowest BCUT2D eigenvalue weighted by Crippen LogP contribution is -2.47. The molecule has 170 valence electrons. The molecule has 0 bridgehead atoms. The van der Waals surface area contributed by atoms with Gasteiger partial charge in [-0.1, -0.05) is 24.3 Å². The van der Waals surface area contributed by atoms with Gasteiger partial charge in [0.05, 0.1) is 16.8 Å². The lowest BCUT2D eigenvalue weighted by molar-refractivity contribution is -0.153. The highest BCUT2D eigenvalue weighted by Gasteiger charge is 2.34. The number of piperazine rings is 1. The number of hydrogen-bond acceptors (Lipinski definition) is 5. The maximum atomic E-state index is 12.5. The number of para-hydroxylation sites is 2. The van der Waals surface area contributed by atoms with Crippen molar-refractivity contribution in [1.29, 1.82) is 0 Å². The molecule has 2 aromatic carbocycles. The smallest absolute Gasteiger partial charge is 0.422 e. The molecule has 0 radical (unpaired) electrons. The van der Waals surface area contributed by atoms with E-state index in [1.807, 2.05) is 4.90 Å². The molecular formula is C23H24F3N3O3. The molecule has 2 amide bonds. The van der Waals surface area contributed by atoms with Crippen LogP contribution in [-0.4, -0.2) is 73.7 Å². The molecule has 2 aromatic rings. The number of alkyl halides is 3. The molecule has 0 atom stereocenters. The van der Waals surface area contributed by atoms with Crippen molar-refractivity contribution in [3.63, 3.8) is 0 Å². The van der Waals surface area contributed by atoms with Crippen LogP contribution in [0.4, 0.5) is 18.9 Å². The molecule has 32 heavy (non-hydrogen) atoms. The lowest BCUT2D eigenvalue weighted by atomic mass is 10.1. The number of amides is 2. The second kappa shape index (κ2) is 9.20. The van der Waals surface area contributed by atoms with Crippen LogP contribution in [0.5, 0.6) is 5.75 Å². The predicted molar refractivity (Wildman–Crippen MR) is 113 cm³/mol. The van der Waals surface area contributed by atoms with Crippen LogP contribution in [0.2, 0.25) is 0 Å². The monoisotopic (exact) mass is 447 g/mol. The summed E-state index contributed by atoms with van der Waals surface area (Å²) in [6.07, 6.45) is -3.72. The lowest BCUT2D eigenvalue weighted by Gasteiger charge is -2.36. The van der Waals surface area contributed by atoms with Crippen LogP contribution < -0.4 is 9.64 Å². The molecule has 2 aliphatic rings. The van der Waals surface area contributed by atoms with Gasteiger partial charge in [-0.05, 0) is 37.2 Å². The molecule has 9 heteroatoms. The van der Waals surface area contributed by atoms with Crippen LogP contribution in [0, 0.1) is 0 Å². The first kappa shape index (κ1) is 22.1. The Balaban J connectivity index is 1.26. The molecule has 2 aliphatic heterocycles. The van der Waals surface area contributed by atoms with Crippen molar-refractivity contribution >= 4 is 17.5 Å². The molecule has 0 aromatic heterocycles. The zero-order valence-electron chi connectivity index (χ0n) is 17.5. The molecular weight excluding hydrogens is 423 g/mol. The van der Waals surface area contributed by atoms with Crippen LogP contribution in [0.25, 0.3) is 0 Å². The number of ether oxygens (including phenoxy) is 1. The number of anilines is 1. The SMILES string of the molecule is O=C1c2ccccc2C(=O)N1CCCN1CCN(c2ccccc2OCC(F)(F)F)CC1. The van der Waals surface area contributed by atoms with Gasteiger partial charge in [0, 0.05) is 32.7 Å². The maximum absolute atomic E-state index is 12.5. The van der Waals surface area contributed by atoms with E-state index in [2.05, 4.69) is 4.90 Å². The fraction of sp³-hybridized carbons (Fsp3) is 0.391. The third-order valence-electron chi connectivity index (χ3n) is 5.70. The number of benzene rings is 2. The normalized spacial score (nSPS) is 17.1. The van der Waals surface area contributed by atoms with Gasteiger partial charge >= 0.3 is 6.18 Å². The summed E-state index contributed by atoms with van der Waals surface area (Å²) in [4.78, 5) is 30.4. The van der Waals surface area contributed by atoms with E-state index in [1.165, 1.54) is 4.90 Å². The Hall–Kier alpha value is -3.07. The first-order valence-corrected chi connectivity index (χ1v) is 10.5. The Kier molecular flexibility index (Phi) is 6.36. The zero-order valence-corrected chi connectivity index (χ0v) is 17.5. The first-order chi connectivity index (χ1) is 15.3. The van der Waals surface area contributed by atoms with Crippen molar-refractivity contribution in [2.24, 2.45) is 0 Å². The van der Waals surface area contributed by atoms with Gasteiger partial charge in [0.2, 0.25) is 0 Å². The Bertz CT molecular complexity index is 953. The van der Waals surface area contributed by atoms with Gasteiger partial charge < -0.3 is 9.64 Å². The zero-order chi connectivity index (χ0) is 22.7. The van der Waals surface area contributed by atoms with Crippen molar-refractivity contribution < 1.29 is 27.5 Å². The van der Waals surface area contributed by atoms with E-state index in [4.69, 9.17) is 4.74 Å². The van der Waals surface area contributed by atoms with Crippen molar-refractivity contribution in [1.82, 2.24) is 9.80 Å². The molecule has 6 nitrogen and oxygen atoms in total. The number of rotatable bonds is 7. The summed E-state index contributed by atoms with van der Waals surface area (Å²) in [6, 6.07) is 13.6. The summed E-state index contributed by atoms with van der Waals surface area (Å²) in [5.41, 5.74) is 1.57. The van der Waals surface area contributed by atoms with Crippen LogP contribution in [0.3, 0.4) is 0 Å². The van der Waals surface area contributed by atoms with E-state index in [9.17, 15) is 22.8 Å². The van der Waals surface area contributed by atoms with Crippen LogP contribution in [0.15, 0.2) is 48.5 Å². The quantitative estimate of drug-likeness (QED) is 0.609. The molecule has 4 rings (SSSR count). The van der Waals surface area contributed by atoms with Gasteiger partial charge in [-0.25, -0.2) is 0 Å².